The molecule has 2 atom stereocenters. The first kappa shape index (κ1) is 9.11. The molecule has 0 aliphatic carbocycles. The van der Waals surface area contributed by atoms with E-state index in [-0.39, 0.29) is 12.4 Å². The Morgan fingerprint density at radius 2 is 2.25 bits per heavy atom. The first-order chi connectivity index (χ1) is 5.65. The molecule has 5 N–H and O–H groups in total. The molecule has 0 fully saturated rings. The van der Waals surface area contributed by atoms with Crippen LogP contribution in [-0.4, -0.2) is 21.4 Å². The molecule has 0 aliphatic heterocycles. The molecule has 0 bridgehead atoms. The van der Waals surface area contributed by atoms with Crippen molar-refractivity contribution in [1.29, 1.82) is 0 Å². The maximum absolute atomic E-state index is 9.07. The molecule has 0 amide bonds. The summed E-state index contributed by atoms with van der Waals surface area (Å²) in [6.07, 6.45) is -0.712. The fraction of sp³-hybridized carbons (Fsp3) is 0.667. The van der Waals surface area contributed by atoms with E-state index in [9.17, 15) is 0 Å². The molecule has 0 aliphatic rings. The number of aromatic nitrogens is 2. The van der Waals surface area contributed by atoms with Gasteiger partial charge in [-0.1, -0.05) is 0 Å². The summed E-state index contributed by atoms with van der Waals surface area (Å²) in [6.45, 7) is 1.73. The van der Waals surface area contributed by atoms with Crippen LogP contribution in [0.5, 0.6) is 0 Å². The third-order valence-electron chi connectivity index (χ3n) is 1.46. The van der Waals surface area contributed by atoms with Gasteiger partial charge in [-0.2, -0.15) is 0 Å². The Morgan fingerprint density at radius 1 is 1.58 bits per heavy atom. The monoisotopic (exact) mass is 172 g/mol. The lowest BCUT2D eigenvalue weighted by Gasteiger charge is -2.08. The van der Waals surface area contributed by atoms with Crippen molar-refractivity contribution in [1.82, 2.24) is 10.2 Å². The van der Waals surface area contributed by atoms with E-state index in [1.54, 1.807) is 6.92 Å². The molecule has 1 rings (SSSR count). The van der Waals surface area contributed by atoms with Gasteiger partial charge in [-0.3, -0.25) is 0 Å². The number of hydrogen-bond acceptors (Lipinski definition) is 6. The van der Waals surface area contributed by atoms with E-state index in [1.807, 2.05) is 0 Å². The van der Waals surface area contributed by atoms with Crippen molar-refractivity contribution >= 4 is 0 Å². The number of nitrogens with two attached hydrogens (primary N) is 2. The molecule has 6 nitrogen and oxygen atoms in total. The maximum Gasteiger partial charge on any atom is 0.235 e. The zero-order valence-corrected chi connectivity index (χ0v) is 6.77. The molecule has 1 heterocycles. The molecule has 6 heteroatoms. The number of nitrogens with zero attached hydrogens (tertiary/aromatic N) is 2. The van der Waals surface area contributed by atoms with E-state index in [2.05, 4.69) is 10.2 Å². The Balaban J connectivity index is 2.74. The number of rotatable bonds is 3. The van der Waals surface area contributed by atoms with Crippen LogP contribution in [0, 0.1) is 0 Å². The minimum Gasteiger partial charge on any atom is -0.422 e. The van der Waals surface area contributed by atoms with Gasteiger partial charge in [0.2, 0.25) is 11.8 Å². The quantitative estimate of drug-likeness (QED) is 0.534. The third-order valence-corrected chi connectivity index (χ3v) is 1.46. The highest BCUT2D eigenvalue weighted by Gasteiger charge is 2.18. The minimum atomic E-state index is -0.712. The average Bonchev–Trinajstić information content (AvgIpc) is 2.50. The van der Waals surface area contributed by atoms with Gasteiger partial charge in [-0.25, -0.2) is 0 Å². The zero-order valence-electron chi connectivity index (χ0n) is 6.77. The van der Waals surface area contributed by atoms with Crippen LogP contribution in [0.25, 0.3) is 0 Å². The second-order valence-electron chi connectivity index (χ2n) is 2.50. The number of aliphatic hydroxyl groups is 1. The van der Waals surface area contributed by atoms with Gasteiger partial charge in [-0.05, 0) is 6.92 Å². The summed E-state index contributed by atoms with van der Waals surface area (Å²) in [5.41, 5.74) is 10.8. The van der Waals surface area contributed by atoms with Crippen molar-refractivity contribution in [2.24, 2.45) is 11.5 Å². The molecular formula is C6H12N4O2. The average molecular weight is 172 g/mol. The van der Waals surface area contributed by atoms with Crippen molar-refractivity contribution in [3.05, 3.63) is 11.8 Å². The molecule has 1 aromatic rings. The molecule has 68 valence electrons. The lowest BCUT2D eigenvalue weighted by molar-refractivity contribution is 0.150. The Hall–Kier alpha value is -0.980. The van der Waals surface area contributed by atoms with Crippen LogP contribution in [0.15, 0.2) is 4.42 Å². The Bertz CT molecular complexity index is 247. The number of hydrogen-bond donors (Lipinski definition) is 3. The van der Waals surface area contributed by atoms with Gasteiger partial charge in [-0.15, -0.1) is 10.2 Å². The van der Waals surface area contributed by atoms with E-state index in [4.69, 9.17) is 21.0 Å². The van der Waals surface area contributed by atoms with E-state index in [0.29, 0.717) is 5.89 Å². The molecular weight excluding hydrogens is 160 g/mol. The zero-order chi connectivity index (χ0) is 9.14. The molecule has 0 saturated carbocycles. The summed E-state index contributed by atoms with van der Waals surface area (Å²) in [5, 5.41) is 16.3. The molecule has 0 saturated heterocycles. The summed E-state index contributed by atoms with van der Waals surface area (Å²) in [7, 11) is 0. The summed E-state index contributed by atoms with van der Waals surface area (Å²) < 4.78 is 5.02. The van der Waals surface area contributed by atoms with Crippen LogP contribution in [0.4, 0.5) is 0 Å². The van der Waals surface area contributed by atoms with E-state index in [0.717, 1.165) is 0 Å². The summed E-state index contributed by atoms with van der Waals surface area (Å²) in [6, 6.07) is -0.641. The van der Waals surface area contributed by atoms with Crippen LogP contribution in [-0.2, 0) is 6.54 Å². The molecule has 1 aromatic heterocycles. The van der Waals surface area contributed by atoms with Gasteiger partial charge >= 0.3 is 0 Å². The lowest BCUT2D eigenvalue weighted by atomic mass is 10.2. The van der Waals surface area contributed by atoms with Crippen molar-refractivity contribution < 1.29 is 9.52 Å². The minimum absolute atomic E-state index is 0.180. The van der Waals surface area contributed by atoms with Gasteiger partial charge in [0.1, 0.15) is 6.04 Å². The number of aliphatic hydroxyl groups excluding tert-OH is 1. The fourth-order valence-corrected chi connectivity index (χ4v) is 0.690. The van der Waals surface area contributed by atoms with Crippen LogP contribution in [0.3, 0.4) is 0 Å². The van der Waals surface area contributed by atoms with E-state index in [1.165, 1.54) is 0 Å². The van der Waals surface area contributed by atoms with Crippen molar-refractivity contribution in [2.75, 3.05) is 0 Å². The standard InChI is InChI=1S/C6H12N4O2/c1-3(11)5(8)6-10-9-4(2-7)12-6/h3,5,11H,2,7-8H2,1H3. The highest BCUT2D eigenvalue weighted by atomic mass is 16.4. The Kier molecular flexibility index (Phi) is 2.74. The van der Waals surface area contributed by atoms with Gasteiger partial charge in [0.15, 0.2) is 0 Å². The van der Waals surface area contributed by atoms with Crippen LogP contribution < -0.4 is 11.5 Å². The molecule has 12 heavy (non-hydrogen) atoms. The maximum atomic E-state index is 9.07. The fourth-order valence-electron chi connectivity index (χ4n) is 0.690. The smallest absolute Gasteiger partial charge is 0.235 e. The van der Waals surface area contributed by atoms with Crippen molar-refractivity contribution in [3.8, 4) is 0 Å². The summed E-state index contributed by atoms with van der Waals surface area (Å²) in [5.74, 6) is 0.534. The molecule has 0 spiro atoms. The van der Waals surface area contributed by atoms with Gasteiger partial charge in [0.05, 0.1) is 12.6 Å². The third kappa shape index (κ3) is 1.79. The molecule has 2 unspecified atom stereocenters. The second kappa shape index (κ2) is 3.61. The first-order valence-electron chi connectivity index (χ1n) is 3.61. The summed E-state index contributed by atoms with van der Waals surface area (Å²) >= 11 is 0. The van der Waals surface area contributed by atoms with Gasteiger partial charge in [0, 0.05) is 0 Å². The Morgan fingerprint density at radius 3 is 2.67 bits per heavy atom. The summed E-state index contributed by atoms with van der Waals surface area (Å²) in [4.78, 5) is 0. The SMILES string of the molecule is CC(O)C(N)c1nnc(CN)o1. The topological polar surface area (TPSA) is 111 Å². The van der Waals surface area contributed by atoms with Crippen LogP contribution in [0.1, 0.15) is 24.7 Å². The predicted octanol–water partition coefficient (Wildman–Crippen LogP) is -1.09. The molecule has 0 radical (unpaired) electrons. The van der Waals surface area contributed by atoms with E-state index < -0.39 is 12.1 Å². The normalized spacial score (nSPS) is 16.0. The van der Waals surface area contributed by atoms with Crippen molar-refractivity contribution in [2.45, 2.75) is 25.6 Å². The van der Waals surface area contributed by atoms with Gasteiger partial charge < -0.3 is 21.0 Å². The largest absolute Gasteiger partial charge is 0.422 e. The van der Waals surface area contributed by atoms with Crippen LogP contribution in [0.2, 0.25) is 0 Å². The highest BCUT2D eigenvalue weighted by Crippen LogP contribution is 2.11. The predicted molar refractivity (Wildman–Crippen MR) is 40.8 cm³/mol. The van der Waals surface area contributed by atoms with Crippen molar-refractivity contribution in [3.63, 3.8) is 0 Å². The van der Waals surface area contributed by atoms with E-state index >= 15 is 0 Å². The highest BCUT2D eigenvalue weighted by molar-refractivity contribution is 4.90. The Labute approximate surface area is 69.6 Å². The molecule has 0 aromatic carbocycles. The first-order valence-corrected chi connectivity index (χ1v) is 3.61. The second-order valence-corrected chi connectivity index (χ2v) is 2.50. The van der Waals surface area contributed by atoms with Crippen LogP contribution >= 0.6 is 0 Å². The van der Waals surface area contributed by atoms with Gasteiger partial charge in [0.25, 0.3) is 0 Å². The lowest BCUT2D eigenvalue weighted by Crippen LogP contribution is -2.23.